The van der Waals surface area contributed by atoms with Crippen LogP contribution in [-0.4, -0.2) is 5.88 Å². The fraction of sp³-hybridized carbons (Fsp3) is 0.250. The van der Waals surface area contributed by atoms with Crippen molar-refractivity contribution >= 4 is 11.6 Å². The van der Waals surface area contributed by atoms with Gasteiger partial charge in [-0.3, -0.25) is 0 Å². The van der Waals surface area contributed by atoms with Crippen LogP contribution < -0.4 is 5.73 Å². The van der Waals surface area contributed by atoms with Crippen molar-refractivity contribution in [1.82, 2.24) is 0 Å². The SMILES string of the molecule is NC(CCl)c1ccc(F)c(F)c1. The molecule has 1 aromatic rings. The summed E-state index contributed by atoms with van der Waals surface area (Å²) in [6.45, 7) is 0. The highest BCUT2D eigenvalue weighted by molar-refractivity contribution is 6.18. The number of benzene rings is 1. The van der Waals surface area contributed by atoms with Crippen molar-refractivity contribution in [3.63, 3.8) is 0 Å². The smallest absolute Gasteiger partial charge is 0.159 e. The van der Waals surface area contributed by atoms with E-state index in [4.69, 9.17) is 17.3 Å². The van der Waals surface area contributed by atoms with Crippen LogP contribution in [0.5, 0.6) is 0 Å². The number of hydrogen-bond donors (Lipinski definition) is 1. The molecule has 1 rings (SSSR count). The van der Waals surface area contributed by atoms with E-state index in [0.717, 1.165) is 12.1 Å². The van der Waals surface area contributed by atoms with Gasteiger partial charge in [-0.25, -0.2) is 8.78 Å². The molecule has 0 aromatic heterocycles. The normalized spacial score (nSPS) is 13.0. The lowest BCUT2D eigenvalue weighted by Crippen LogP contribution is -2.11. The topological polar surface area (TPSA) is 26.0 Å². The summed E-state index contributed by atoms with van der Waals surface area (Å²) < 4.78 is 25.0. The molecule has 0 aliphatic rings. The Labute approximate surface area is 74.1 Å². The van der Waals surface area contributed by atoms with E-state index in [1.165, 1.54) is 6.07 Å². The van der Waals surface area contributed by atoms with Crippen LogP contribution in [0.15, 0.2) is 18.2 Å². The van der Waals surface area contributed by atoms with Crippen LogP contribution in [0.3, 0.4) is 0 Å². The van der Waals surface area contributed by atoms with Crippen molar-refractivity contribution < 1.29 is 8.78 Å². The quantitative estimate of drug-likeness (QED) is 0.713. The molecule has 0 spiro atoms. The molecular formula is C8H8ClF2N. The Morgan fingerprint density at radius 3 is 2.50 bits per heavy atom. The molecule has 1 atom stereocenters. The van der Waals surface area contributed by atoms with Crippen LogP contribution in [0.4, 0.5) is 8.78 Å². The van der Waals surface area contributed by atoms with Crippen LogP contribution >= 0.6 is 11.6 Å². The van der Waals surface area contributed by atoms with Crippen molar-refractivity contribution in [2.24, 2.45) is 5.73 Å². The zero-order valence-corrected chi connectivity index (χ0v) is 6.98. The molecule has 0 fully saturated rings. The van der Waals surface area contributed by atoms with Gasteiger partial charge in [-0.15, -0.1) is 11.6 Å². The minimum absolute atomic E-state index is 0.186. The van der Waals surface area contributed by atoms with Gasteiger partial charge in [0.05, 0.1) is 0 Å². The molecule has 0 heterocycles. The number of halogens is 3. The van der Waals surface area contributed by atoms with Gasteiger partial charge in [-0.1, -0.05) is 6.07 Å². The molecule has 4 heteroatoms. The van der Waals surface area contributed by atoms with E-state index < -0.39 is 17.7 Å². The summed E-state index contributed by atoms with van der Waals surface area (Å²) >= 11 is 5.44. The predicted molar refractivity (Wildman–Crippen MR) is 44.0 cm³/mol. The zero-order valence-electron chi connectivity index (χ0n) is 6.23. The Morgan fingerprint density at radius 2 is 2.00 bits per heavy atom. The monoisotopic (exact) mass is 191 g/mol. The van der Waals surface area contributed by atoms with Gasteiger partial charge < -0.3 is 5.73 Å². The van der Waals surface area contributed by atoms with Crippen molar-refractivity contribution in [3.8, 4) is 0 Å². The minimum Gasteiger partial charge on any atom is -0.323 e. The average Bonchev–Trinajstić information content (AvgIpc) is 2.08. The molecule has 1 unspecified atom stereocenters. The number of rotatable bonds is 2. The third kappa shape index (κ3) is 1.93. The Balaban J connectivity index is 2.96. The number of nitrogens with two attached hydrogens (primary N) is 1. The van der Waals surface area contributed by atoms with Gasteiger partial charge in [-0.2, -0.15) is 0 Å². The van der Waals surface area contributed by atoms with E-state index in [-0.39, 0.29) is 5.88 Å². The van der Waals surface area contributed by atoms with Gasteiger partial charge in [-0.05, 0) is 17.7 Å². The summed E-state index contributed by atoms with van der Waals surface area (Å²) in [7, 11) is 0. The lowest BCUT2D eigenvalue weighted by atomic mass is 10.1. The molecule has 0 amide bonds. The van der Waals surface area contributed by atoms with Crippen LogP contribution in [0.1, 0.15) is 11.6 Å². The van der Waals surface area contributed by atoms with Gasteiger partial charge in [0.2, 0.25) is 0 Å². The molecule has 2 N–H and O–H groups in total. The van der Waals surface area contributed by atoms with E-state index in [1.54, 1.807) is 0 Å². The second kappa shape index (κ2) is 3.83. The van der Waals surface area contributed by atoms with Gasteiger partial charge in [0.25, 0.3) is 0 Å². The Kier molecular flexibility index (Phi) is 3.00. The van der Waals surface area contributed by atoms with Gasteiger partial charge in [0, 0.05) is 11.9 Å². The van der Waals surface area contributed by atoms with E-state index in [9.17, 15) is 8.78 Å². The molecule has 0 aliphatic carbocycles. The first-order chi connectivity index (χ1) is 5.65. The third-order valence-electron chi connectivity index (χ3n) is 1.54. The highest BCUT2D eigenvalue weighted by Gasteiger charge is 2.07. The van der Waals surface area contributed by atoms with Crippen molar-refractivity contribution in [2.45, 2.75) is 6.04 Å². The van der Waals surface area contributed by atoms with Gasteiger partial charge in [0.1, 0.15) is 0 Å². The van der Waals surface area contributed by atoms with E-state index in [0.29, 0.717) is 5.56 Å². The highest BCUT2D eigenvalue weighted by atomic mass is 35.5. The van der Waals surface area contributed by atoms with E-state index in [2.05, 4.69) is 0 Å². The lowest BCUT2D eigenvalue weighted by molar-refractivity contribution is 0.506. The molecule has 1 aromatic carbocycles. The van der Waals surface area contributed by atoms with Crippen molar-refractivity contribution in [3.05, 3.63) is 35.4 Å². The fourth-order valence-corrected chi connectivity index (χ4v) is 1.01. The second-order valence-corrected chi connectivity index (χ2v) is 2.74. The first kappa shape index (κ1) is 9.42. The first-order valence-corrected chi connectivity index (χ1v) is 3.95. The first-order valence-electron chi connectivity index (χ1n) is 3.41. The summed E-state index contributed by atoms with van der Waals surface area (Å²) in [6.07, 6.45) is 0. The maximum absolute atomic E-state index is 12.6. The van der Waals surface area contributed by atoms with Crippen LogP contribution in [0.2, 0.25) is 0 Å². The maximum atomic E-state index is 12.6. The Morgan fingerprint density at radius 1 is 1.33 bits per heavy atom. The van der Waals surface area contributed by atoms with Crippen molar-refractivity contribution in [2.75, 3.05) is 5.88 Å². The van der Waals surface area contributed by atoms with Gasteiger partial charge >= 0.3 is 0 Å². The molecular weight excluding hydrogens is 184 g/mol. The molecule has 0 radical (unpaired) electrons. The molecule has 0 saturated carbocycles. The van der Waals surface area contributed by atoms with E-state index in [1.807, 2.05) is 0 Å². The number of alkyl halides is 1. The Hall–Kier alpha value is -0.670. The van der Waals surface area contributed by atoms with Crippen molar-refractivity contribution in [1.29, 1.82) is 0 Å². The third-order valence-corrected chi connectivity index (χ3v) is 1.87. The maximum Gasteiger partial charge on any atom is 0.159 e. The zero-order chi connectivity index (χ0) is 9.14. The van der Waals surface area contributed by atoms with E-state index >= 15 is 0 Å². The van der Waals surface area contributed by atoms with Crippen LogP contribution in [-0.2, 0) is 0 Å². The highest BCUT2D eigenvalue weighted by Crippen LogP contribution is 2.15. The molecule has 0 saturated heterocycles. The summed E-state index contributed by atoms with van der Waals surface area (Å²) in [5.41, 5.74) is 6.00. The summed E-state index contributed by atoms with van der Waals surface area (Å²) in [5.74, 6) is -1.58. The largest absolute Gasteiger partial charge is 0.323 e. The second-order valence-electron chi connectivity index (χ2n) is 2.43. The van der Waals surface area contributed by atoms with Crippen LogP contribution in [0, 0.1) is 11.6 Å². The number of hydrogen-bond acceptors (Lipinski definition) is 1. The fourth-order valence-electron chi connectivity index (χ4n) is 0.832. The van der Waals surface area contributed by atoms with Gasteiger partial charge in [0.15, 0.2) is 11.6 Å². The molecule has 66 valence electrons. The average molecular weight is 192 g/mol. The standard InChI is InChI=1S/C8H8ClF2N/c9-4-8(12)5-1-2-6(10)7(11)3-5/h1-3,8H,4,12H2. The predicted octanol–water partition coefficient (Wildman–Crippen LogP) is 2.20. The summed E-state index contributed by atoms with van der Waals surface area (Å²) in [6, 6.07) is 3.08. The lowest BCUT2D eigenvalue weighted by Gasteiger charge is -2.07. The molecule has 0 aliphatic heterocycles. The summed E-state index contributed by atoms with van der Waals surface area (Å²) in [5, 5.41) is 0. The molecule has 12 heavy (non-hydrogen) atoms. The van der Waals surface area contributed by atoms with Crippen LogP contribution in [0.25, 0.3) is 0 Å². The minimum atomic E-state index is -0.895. The summed E-state index contributed by atoms with van der Waals surface area (Å²) in [4.78, 5) is 0. The molecule has 0 bridgehead atoms. The Bertz CT molecular complexity index is 278. The molecule has 1 nitrogen and oxygen atoms in total.